The largest absolute Gasteiger partial charge is 0.464 e. The highest BCUT2D eigenvalue weighted by molar-refractivity contribution is 5.88. The Hall–Kier alpha value is -1.86. The van der Waals surface area contributed by atoms with Crippen LogP contribution in [0.4, 0.5) is 11.5 Å². The molecule has 0 spiro atoms. The van der Waals surface area contributed by atoms with Crippen LogP contribution in [0.5, 0.6) is 0 Å². The number of hydrogen-bond donors (Lipinski definition) is 2. The molecule has 21 heavy (non-hydrogen) atoms. The van der Waals surface area contributed by atoms with Gasteiger partial charge in [0.05, 0.1) is 19.4 Å². The van der Waals surface area contributed by atoms with Crippen molar-refractivity contribution in [1.29, 1.82) is 0 Å². The standard InChI is InChI=1S/C14H22N4O3/c1-21-14(20)12-4-3-11(15)13(16-12)18-6-2-5-17(7-8-18)9-10-19/h3-4,19H,2,5-10,15H2,1H3. The van der Waals surface area contributed by atoms with Crippen molar-refractivity contribution in [3.63, 3.8) is 0 Å². The molecule has 0 radical (unpaired) electrons. The normalized spacial score (nSPS) is 16.6. The lowest BCUT2D eigenvalue weighted by Crippen LogP contribution is -2.33. The molecule has 1 aliphatic heterocycles. The Labute approximate surface area is 124 Å². The number of nitrogens with zero attached hydrogens (tertiary/aromatic N) is 3. The number of aliphatic hydroxyl groups excluding tert-OH is 1. The van der Waals surface area contributed by atoms with Crippen molar-refractivity contribution in [3.05, 3.63) is 17.8 Å². The zero-order valence-corrected chi connectivity index (χ0v) is 12.3. The molecule has 7 heteroatoms. The number of nitrogens with two attached hydrogens (primary N) is 1. The SMILES string of the molecule is COC(=O)c1ccc(N)c(N2CCCN(CCO)CC2)n1. The maximum absolute atomic E-state index is 11.6. The van der Waals surface area contributed by atoms with E-state index in [1.807, 2.05) is 0 Å². The highest BCUT2D eigenvalue weighted by Gasteiger charge is 2.19. The minimum absolute atomic E-state index is 0.165. The second-order valence-electron chi connectivity index (χ2n) is 5.01. The van der Waals surface area contributed by atoms with Crippen LogP contribution in [0.1, 0.15) is 16.9 Å². The Kier molecular flexibility index (Phi) is 5.35. The quantitative estimate of drug-likeness (QED) is 0.752. The van der Waals surface area contributed by atoms with Crippen molar-refractivity contribution in [2.45, 2.75) is 6.42 Å². The van der Waals surface area contributed by atoms with Gasteiger partial charge in [-0.05, 0) is 25.1 Å². The number of ether oxygens (including phenoxy) is 1. The third-order valence-corrected chi connectivity index (χ3v) is 3.60. The Morgan fingerprint density at radius 2 is 2.19 bits per heavy atom. The maximum Gasteiger partial charge on any atom is 0.356 e. The zero-order valence-electron chi connectivity index (χ0n) is 12.3. The molecular weight excluding hydrogens is 272 g/mol. The van der Waals surface area contributed by atoms with Crippen LogP contribution in [-0.4, -0.2) is 67.4 Å². The van der Waals surface area contributed by atoms with Crippen LogP contribution in [0, 0.1) is 0 Å². The average Bonchev–Trinajstić information content (AvgIpc) is 2.73. The van der Waals surface area contributed by atoms with Crippen LogP contribution >= 0.6 is 0 Å². The number of aromatic nitrogens is 1. The molecule has 1 aromatic rings. The van der Waals surface area contributed by atoms with Crippen LogP contribution in [-0.2, 0) is 4.74 Å². The molecule has 1 aliphatic rings. The van der Waals surface area contributed by atoms with Gasteiger partial charge in [-0.25, -0.2) is 9.78 Å². The van der Waals surface area contributed by atoms with Gasteiger partial charge < -0.3 is 20.5 Å². The van der Waals surface area contributed by atoms with E-state index in [4.69, 9.17) is 15.6 Å². The van der Waals surface area contributed by atoms with Crippen molar-refractivity contribution in [2.24, 2.45) is 0 Å². The Morgan fingerprint density at radius 3 is 2.90 bits per heavy atom. The number of methoxy groups -OCH3 is 1. The van der Waals surface area contributed by atoms with Crippen LogP contribution < -0.4 is 10.6 Å². The molecule has 0 atom stereocenters. The Morgan fingerprint density at radius 1 is 1.38 bits per heavy atom. The van der Waals surface area contributed by atoms with Gasteiger partial charge in [0, 0.05) is 26.2 Å². The molecule has 0 aliphatic carbocycles. The number of esters is 1. The second kappa shape index (κ2) is 7.24. The molecule has 7 nitrogen and oxygen atoms in total. The molecule has 0 unspecified atom stereocenters. The summed E-state index contributed by atoms with van der Waals surface area (Å²) in [5.74, 6) is 0.164. The van der Waals surface area contributed by atoms with Gasteiger partial charge in [0.15, 0.2) is 11.5 Å². The fourth-order valence-electron chi connectivity index (χ4n) is 2.48. The molecule has 2 heterocycles. The van der Waals surface area contributed by atoms with Crippen LogP contribution in [0.15, 0.2) is 12.1 Å². The van der Waals surface area contributed by atoms with Crippen molar-refractivity contribution in [3.8, 4) is 0 Å². The van der Waals surface area contributed by atoms with E-state index < -0.39 is 5.97 Å². The van der Waals surface area contributed by atoms with Gasteiger partial charge in [-0.1, -0.05) is 0 Å². The van der Waals surface area contributed by atoms with E-state index in [0.29, 0.717) is 18.1 Å². The maximum atomic E-state index is 11.6. The molecule has 1 fully saturated rings. The summed E-state index contributed by atoms with van der Waals surface area (Å²) in [5, 5.41) is 9.02. The topological polar surface area (TPSA) is 91.9 Å². The lowest BCUT2D eigenvalue weighted by molar-refractivity contribution is 0.0594. The first-order valence-corrected chi connectivity index (χ1v) is 7.08. The first-order valence-electron chi connectivity index (χ1n) is 7.08. The zero-order chi connectivity index (χ0) is 15.2. The van der Waals surface area contributed by atoms with Crippen LogP contribution in [0.3, 0.4) is 0 Å². The van der Waals surface area contributed by atoms with E-state index in [1.165, 1.54) is 7.11 Å². The Balaban J connectivity index is 2.15. The number of hydrogen-bond acceptors (Lipinski definition) is 7. The third-order valence-electron chi connectivity index (χ3n) is 3.60. The van der Waals surface area contributed by atoms with E-state index in [2.05, 4.69) is 14.8 Å². The Bertz CT molecular complexity index is 495. The molecule has 3 N–H and O–H groups in total. The van der Waals surface area contributed by atoms with Crippen LogP contribution in [0.2, 0.25) is 0 Å². The second-order valence-corrected chi connectivity index (χ2v) is 5.01. The van der Waals surface area contributed by atoms with E-state index in [1.54, 1.807) is 12.1 Å². The molecule has 1 aromatic heterocycles. The number of anilines is 2. The number of aliphatic hydroxyl groups is 1. The molecular formula is C14H22N4O3. The number of rotatable bonds is 4. The molecule has 116 valence electrons. The number of nitrogen functional groups attached to an aromatic ring is 1. The third kappa shape index (κ3) is 3.83. The molecule has 0 amide bonds. The first-order chi connectivity index (χ1) is 10.2. The van der Waals surface area contributed by atoms with Gasteiger partial charge in [-0.3, -0.25) is 4.90 Å². The summed E-state index contributed by atoms with van der Waals surface area (Å²) in [5.41, 5.74) is 6.81. The monoisotopic (exact) mass is 294 g/mol. The van der Waals surface area contributed by atoms with Crippen molar-refractivity contribution in [1.82, 2.24) is 9.88 Å². The molecule has 0 aromatic carbocycles. The molecule has 2 rings (SSSR count). The summed E-state index contributed by atoms with van der Waals surface area (Å²) >= 11 is 0. The number of carbonyl (C=O) groups is 1. The molecule has 0 saturated carbocycles. The number of pyridine rings is 1. The van der Waals surface area contributed by atoms with E-state index in [-0.39, 0.29) is 12.3 Å². The van der Waals surface area contributed by atoms with Crippen LogP contribution in [0.25, 0.3) is 0 Å². The number of β-amino-alcohol motifs (C(OH)–C–C–N with tert-alkyl or cyclic N) is 1. The predicted octanol–water partition coefficient (Wildman–Crippen LogP) is -0.0452. The lowest BCUT2D eigenvalue weighted by Gasteiger charge is -2.24. The van der Waals surface area contributed by atoms with Gasteiger partial charge in [-0.2, -0.15) is 0 Å². The summed E-state index contributed by atoms with van der Waals surface area (Å²) in [6.07, 6.45) is 0.962. The fourth-order valence-corrected chi connectivity index (χ4v) is 2.48. The lowest BCUT2D eigenvalue weighted by atomic mass is 10.3. The average molecular weight is 294 g/mol. The van der Waals surface area contributed by atoms with Crippen molar-refractivity contribution in [2.75, 3.05) is 57.1 Å². The first kappa shape index (κ1) is 15.5. The summed E-state index contributed by atoms with van der Waals surface area (Å²) in [6.45, 7) is 4.21. The highest BCUT2D eigenvalue weighted by atomic mass is 16.5. The highest BCUT2D eigenvalue weighted by Crippen LogP contribution is 2.22. The van der Waals surface area contributed by atoms with Gasteiger partial charge in [-0.15, -0.1) is 0 Å². The van der Waals surface area contributed by atoms with Crippen molar-refractivity contribution >= 4 is 17.5 Å². The van der Waals surface area contributed by atoms with Crippen molar-refractivity contribution < 1.29 is 14.6 Å². The summed E-state index contributed by atoms with van der Waals surface area (Å²) in [6, 6.07) is 3.26. The molecule has 1 saturated heterocycles. The summed E-state index contributed by atoms with van der Waals surface area (Å²) < 4.78 is 4.70. The smallest absolute Gasteiger partial charge is 0.356 e. The molecule has 0 bridgehead atoms. The number of carbonyl (C=O) groups excluding carboxylic acids is 1. The minimum Gasteiger partial charge on any atom is -0.464 e. The van der Waals surface area contributed by atoms with Gasteiger partial charge in [0.2, 0.25) is 0 Å². The van der Waals surface area contributed by atoms with E-state index in [0.717, 1.165) is 32.6 Å². The van der Waals surface area contributed by atoms with Gasteiger partial charge >= 0.3 is 5.97 Å². The summed E-state index contributed by atoms with van der Waals surface area (Å²) in [4.78, 5) is 20.2. The van der Waals surface area contributed by atoms with Gasteiger partial charge in [0.1, 0.15) is 0 Å². The van der Waals surface area contributed by atoms with E-state index in [9.17, 15) is 4.79 Å². The predicted molar refractivity (Wildman–Crippen MR) is 80.3 cm³/mol. The van der Waals surface area contributed by atoms with E-state index >= 15 is 0 Å². The van der Waals surface area contributed by atoms with Gasteiger partial charge in [0.25, 0.3) is 0 Å². The summed E-state index contributed by atoms with van der Waals surface area (Å²) in [7, 11) is 1.33. The fraction of sp³-hybridized carbons (Fsp3) is 0.571. The minimum atomic E-state index is -0.465.